The van der Waals surface area contributed by atoms with Crippen LogP contribution in [0.3, 0.4) is 0 Å². The quantitative estimate of drug-likeness (QED) is 0.679. The van der Waals surface area contributed by atoms with Crippen LogP contribution in [0.5, 0.6) is 5.75 Å². The molecule has 1 aromatic rings. The molecule has 1 rings (SSSR count). The Hall–Kier alpha value is -1.31. The Morgan fingerprint density at radius 3 is 2.10 bits per heavy atom. The molecule has 2 heteroatoms. The number of allylic oxidation sites excluding steroid dienone is 1. The molecule has 0 aromatic carbocycles. The lowest BCUT2D eigenvalue weighted by Gasteiger charge is -2.28. The zero-order valence-corrected chi connectivity index (χ0v) is 14.3. The largest absolute Gasteiger partial charge is 0.486 e. The molecule has 0 aliphatic carbocycles. The number of hydrogen-bond acceptors (Lipinski definition) is 2. The Morgan fingerprint density at radius 1 is 1.25 bits per heavy atom. The normalized spacial score (nSPS) is 10.6. The van der Waals surface area contributed by atoms with Crippen LogP contribution < -0.4 is 4.74 Å². The van der Waals surface area contributed by atoms with Crippen LogP contribution in [0.2, 0.25) is 0 Å². The maximum Gasteiger partial charge on any atom is 0.138 e. The van der Waals surface area contributed by atoms with Gasteiger partial charge in [0.15, 0.2) is 0 Å². The molecule has 2 nitrogen and oxygen atoms in total. The topological polar surface area (TPSA) is 22.1 Å². The standard InChI is InChI=1S/C15H23NO.C3H8/c1-7-15(6,8-2)17-13-9-12(5)14(11(3)4)16-10-13;1-3-2/h9-10H,3,7-8H2,1-2,4-6H3;3H2,1-2H3. The molecular weight excluding hydrogens is 246 g/mol. The minimum absolute atomic E-state index is 0.0984. The van der Waals surface area contributed by atoms with Gasteiger partial charge < -0.3 is 4.74 Å². The first kappa shape index (κ1) is 18.7. The van der Waals surface area contributed by atoms with Crippen molar-refractivity contribution >= 4 is 5.57 Å². The van der Waals surface area contributed by atoms with E-state index in [4.69, 9.17) is 4.74 Å². The van der Waals surface area contributed by atoms with Crippen molar-refractivity contribution in [2.75, 3.05) is 0 Å². The lowest BCUT2D eigenvalue weighted by atomic mass is 10.00. The number of aryl methyl sites for hydroxylation is 1. The van der Waals surface area contributed by atoms with Gasteiger partial charge in [0.2, 0.25) is 0 Å². The molecule has 0 N–H and O–H groups in total. The summed E-state index contributed by atoms with van der Waals surface area (Å²) in [7, 11) is 0. The highest BCUT2D eigenvalue weighted by Crippen LogP contribution is 2.26. The molecule has 0 amide bonds. The van der Waals surface area contributed by atoms with Crippen molar-refractivity contribution in [3.8, 4) is 5.75 Å². The van der Waals surface area contributed by atoms with Gasteiger partial charge in [-0.05, 0) is 50.8 Å². The van der Waals surface area contributed by atoms with Gasteiger partial charge in [-0.2, -0.15) is 0 Å². The maximum atomic E-state index is 6.02. The highest BCUT2D eigenvalue weighted by molar-refractivity contribution is 5.61. The summed E-state index contributed by atoms with van der Waals surface area (Å²) in [6.45, 7) is 18.6. The van der Waals surface area contributed by atoms with Crippen molar-refractivity contribution in [3.05, 3.63) is 30.1 Å². The molecule has 114 valence electrons. The zero-order valence-electron chi connectivity index (χ0n) is 14.3. The fourth-order valence-electron chi connectivity index (χ4n) is 1.73. The molecule has 0 aliphatic rings. The summed E-state index contributed by atoms with van der Waals surface area (Å²) < 4.78 is 6.02. The van der Waals surface area contributed by atoms with Crippen molar-refractivity contribution in [2.24, 2.45) is 0 Å². The molecule has 0 saturated heterocycles. The number of nitrogens with zero attached hydrogens (tertiary/aromatic N) is 1. The number of ether oxygens (including phenoxy) is 1. The van der Waals surface area contributed by atoms with Crippen LogP contribution in [-0.4, -0.2) is 10.6 Å². The van der Waals surface area contributed by atoms with Gasteiger partial charge in [-0.3, -0.25) is 4.98 Å². The molecule has 0 radical (unpaired) electrons. The second kappa shape index (κ2) is 8.78. The molecule has 0 saturated carbocycles. The number of pyridine rings is 1. The molecule has 1 heterocycles. The fourth-order valence-corrected chi connectivity index (χ4v) is 1.73. The van der Waals surface area contributed by atoms with Gasteiger partial charge in [0.25, 0.3) is 0 Å². The zero-order chi connectivity index (χ0) is 15.8. The minimum Gasteiger partial charge on any atom is -0.486 e. The minimum atomic E-state index is -0.0984. The molecule has 20 heavy (non-hydrogen) atoms. The first-order valence-corrected chi connectivity index (χ1v) is 7.65. The second-order valence-electron chi connectivity index (χ2n) is 5.58. The van der Waals surface area contributed by atoms with Crippen molar-refractivity contribution < 1.29 is 4.74 Å². The predicted octanol–water partition coefficient (Wildman–Crippen LogP) is 5.80. The molecule has 0 aliphatic heterocycles. The monoisotopic (exact) mass is 277 g/mol. The predicted molar refractivity (Wildman–Crippen MR) is 89.3 cm³/mol. The van der Waals surface area contributed by atoms with E-state index in [1.807, 2.05) is 19.9 Å². The smallest absolute Gasteiger partial charge is 0.138 e. The third-order valence-electron chi connectivity index (χ3n) is 3.32. The second-order valence-corrected chi connectivity index (χ2v) is 5.58. The Labute approximate surface area is 125 Å². The van der Waals surface area contributed by atoms with E-state index in [0.717, 1.165) is 35.4 Å². The van der Waals surface area contributed by atoms with Gasteiger partial charge in [-0.25, -0.2) is 0 Å². The average molecular weight is 277 g/mol. The molecule has 0 atom stereocenters. The first-order valence-electron chi connectivity index (χ1n) is 7.65. The Kier molecular flexibility index (Phi) is 8.21. The van der Waals surface area contributed by atoms with Crippen molar-refractivity contribution in [2.45, 2.75) is 73.3 Å². The molecule has 1 aromatic heterocycles. The summed E-state index contributed by atoms with van der Waals surface area (Å²) >= 11 is 0. The van der Waals surface area contributed by atoms with Gasteiger partial charge >= 0.3 is 0 Å². The van der Waals surface area contributed by atoms with E-state index in [2.05, 4.69) is 46.2 Å². The van der Waals surface area contributed by atoms with Crippen LogP contribution in [0, 0.1) is 6.92 Å². The summed E-state index contributed by atoms with van der Waals surface area (Å²) in [6.07, 6.45) is 5.02. The van der Waals surface area contributed by atoms with Crippen LogP contribution >= 0.6 is 0 Å². The average Bonchev–Trinajstić information content (AvgIpc) is 2.39. The molecule has 0 fully saturated rings. The summed E-state index contributed by atoms with van der Waals surface area (Å²) in [5.74, 6) is 0.846. The van der Waals surface area contributed by atoms with Gasteiger partial charge in [0, 0.05) is 0 Å². The van der Waals surface area contributed by atoms with E-state index in [9.17, 15) is 0 Å². The van der Waals surface area contributed by atoms with E-state index >= 15 is 0 Å². The summed E-state index contributed by atoms with van der Waals surface area (Å²) in [6, 6.07) is 2.04. The van der Waals surface area contributed by atoms with Crippen molar-refractivity contribution in [1.29, 1.82) is 0 Å². The number of aromatic nitrogens is 1. The lowest BCUT2D eigenvalue weighted by Crippen LogP contribution is -2.30. The summed E-state index contributed by atoms with van der Waals surface area (Å²) in [5, 5.41) is 0. The number of rotatable bonds is 5. The van der Waals surface area contributed by atoms with Crippen LogP contribution in [0.15, 0.2) is 18.8 Å². The molecular formula is C18H31NO. The number of hydrogen-bond donors (Lipinski definition) is 0. The van der Waals surface area contributed by atoms with Crippen LogP contribution in [-0.2, 0) is 0 Å². The van der Waals surface area contributed by atoms with Crippen LogP contribution in [0.25, 0.3) is 5.57 Å². The third-order valence-corrected chi connectivity index (χ3v) is 3.32. The van der Waals surface area contributed by atoms with Crippen LogP contribution in [0.1, 0.15) is 72.1 Å². The SMILES string of the molecule is C=C(C)c1ncc(OC(C)(CC)CC)cc1C.CCC. The van der Waals surface area contributed by atoms with E-state index in [1.54, 1.807) is 6.20 Å². The lowest BCUT2D eigenvalue weighted by molar-refractivity contribution is 0.0797. The van der Waals surface area contributed by atoms with E-state index in [-0.39, 0.29) is 5.60 Å². The Morgan fingerprint density at radius 2 is 1.75 bits per heavy atom. The van der Waals surface area contributed by atoms with E-state index in [0.29, 0.717) is 0 Å². The van der Waals surface area contributed by atoms with Gasteiger partial charge in [0.1, 0.15) is 11.4 Å². The van der Waals surface area contributed by atoms with Crippen molar-refractivity contribution in [3.63, 3.8) is 0 Å². The van der Waals surface area contributed by atoms with Crippen LogP contribution in [0.4, 0.5) is 0 Å². The highest BCUT2D eigenvalue weighted by Gasteiger charge is 2.21. The first-order chi connectivity index (χ1) is 9.33. The third kappa shape index (κ3) is 5.77. The highest BCUT2D eigenvalue weighted by atomic mass is 16.5. The molecule has 0 spiro atoms. The molecule has 0 unspecified atom stereocenters. The molecule has 0 bridgehead atoms. The van der Waals surface area contributed by atoms with Gasteiger partial charge in [0.05, 0.1) is 11.9 Å². The van der Waals surface area contributed by atoms with E-state index < -0.39 is 0 Å². The fraction of sp³-hybridized carbons (Fsp3) is 0.611. The summed E-state index contributed by atoms with van der Waals surface area (Å²) in [4.78, 5) is 4.41. The summed E-state index contributed by atoms with van der Waals surface area (Å²) in [5.41, 5.74) is 2.97. The van der Waals surface area contributed by atoms with Crippen molar-refractivity contribution in [1.82, 2.24) is 4.98 Å². The van der Waals surface area contributed by atoms with Gasteiger partial charge in [-0.15, -0.1) is 0 Å². The van der Waals surface area contributed by atoms with Gasteiger partial charge in [-0.1, -0.05) is 40.7 Å². The Balaban J connectivity index is 0.00000110. The maximum absolute atomic E-state index is 6.02. The Bertz CT molecular complexity index is 419. The van der Waals surface area contributed by atoms with E-state index in [1.165, 1.54) is 6.42 Å².